The van der Waals surface area contributed by atoms with E-state index < -0.39 is 4.92 Å². The van der Waals surface area contributed by atoms with Crippen LogP contribution >= 0.6 is 11.6 Å². The zero-order chi connectivity index (χ0) is 16.0. The van der Waals surface area contributed by atoms with Gasteiger partial charge in [0.2, 0.25) is 5.88 Å². The van der Waals surface area contributed by atoms with Crippen molar-refractivity contribution in [2.75, 3.05) is 19.9 Å². The Hall–Kier alpha value is -2.79. The Labute approximate surface area is 125 Å². The van der Waals surface area contributed by atoms with Gasteiger partial charge in [0.05, 0.1) is 17.6 Å². The monoisotopic (exact) mass is 309 g/mol. The number of hydrogen-bond donors (Lipinski definition) is 2. The number of nitrogens with zero attached hydrogens (tertiary/aromatic N) is 3. The Bertz CT molecular complexity index is 688. The van der Waals surface area contributed by atoms with E-state index in [9.17, 15) is 10.1 Å². The number of nitro groups is 1. The van der Waals surface area contributed by atoms with Crippen LogP contribution in [-0.4, -0.2) is 30.3 Å². The smallest absolute Gasteiger partial charge is 0.307 e. The second-order valence-corrected chi connectivity index (χ2v) is 3.97. The molecule has 0 atom stereocenters. The molecule has 21 heavy (non-hydrogen) atoms. The zero-order valence-electron chi connectivity index (χ0n) is 11.3. The van der Waals surface area contributed by atoms with Crippen molar-refractivity contribution >= 4 is 29.3 Å². The molecule has 0 amide bonds. The van der Waals surface area contributed by atoms with Crippen molar-refractivity contribution in [1.82, 2.24) is 4.98 Å². The minimum absolute atomic E-state index is 0.0260. The SMILES string of the molecule is CN=C/C(C#Cc1c(N)ncc([N+](=O)[O-])c1Cl)=C(\N)OC. The number of pyridine rings is 1. The van der Waals surface area contributed by atoms with Gasteiger partial charge in [0, 0.05) is 13.3 Å². The molecule has 0 aromatic carbocycles. The van der Waals surface area contributed by atoms with Crippen molar-refractivity contribution in [3.63, 3.8) is 0 Å². The zero-order valence-corrected chi connectivity index (χ0v) is 12.0. The molecule has 0 bridgehead atoms. The topological polar surface area (TPSA) is 130 Å². The fourth-order valence-electron chi connectivity index (χ4n) is 1.26. The van der Waals surface area contributed by atoms with E-state index in [-0.39, 0.29) is 33.5 Å². The number of halogens is 1. The van der Waals surface area contributed by atoms with Gasteiger partial charge in [-0.3, -0.25) is 15.1 Å². The van der Waals surface area contributed by atoms with E-state index in [0.717, 1.165) is 6.20 Å². The van der Waals surface area contributed by atoms with E-state index in [2.05, 4.69) is 21.8 Å². The van der Waals surface area contributed by atoms with E-state index in [4.69, 9.17) is 27.8 Å². The standard InChI is InChI=1S/C12H12ClN5O3/c1-16-5-7(12(15)21-2)3-4-8-10(13)9(18(19)20)6-17-11(8)14/h5-6H,15H2,1-2H3,(H2,14,17)/b12-7+,16-5?. The van der Waals surface area contributed by atoms with Gasteiger partial charge in [-0.05, 0) is 0 Å². The molecule has 4 N–H and O–H groups in total. The van der Waals surface area contributed by atoms with Crippen molar-refractivity contribution in [2.45, 2.75) is 0 Å². The molecule has 0 aliphatic rings. The molecule has 0 unspecified atom stereocenters. The quantitative estimate of drug-likeness (QED) is 0.283. The van der Waals surface area contributed by atoms with Gasteiger partial charge in [-0.25, -0.2) is 4.98 Å². The largest absolute Gasteiger partial charge is 0.482 e. The van der Waals surface area contributed by atoms with Crippen LogP contribution in [0.3, 0.4) is 0 Å². The van der Waals surface area contributed by atoms with E-state index >= 15 is 0 Å². The maximum Gasteiger partial charge on any atom is 0.307 e. The van der Waals surface area contributed by atoms with Crippen LogP contribution in [0.2, 0.25) is 5.02 Å². The average molecular weight is 310 g/mol. The number of anilines is 1. The number of ether oxygens (including phenoxy) is 1. The molecule has 1 rings (SSSR count). The molecular formula is C12H12ClN5O3. The van der Waals surface area contributed by atoms with Gasteiger partial charge in [0.1, 0.15) is 22.6 Å². The molecule has 0 saturated carbocycles. The molecule has 0 radical (unpaired) electrons. The second kappa shape index (κ2) is 7.12. The van der Waals surface area contributed by atoms with Crippen molar-refractivity contribution in [2.24, 2.45) is 10.7 Å². The van der Waals surface area contributed by atoms with E-state index in [1.165, 1.54) is 20.4 Å². The third kappa shape index (κ3) is 3.84. The lowest BCUT2D eigenvalue weighted by Crippen LogP contribution is -2.05. The van der Waals surface area contributed by atoms with Gasteiger partial charge in [-0.2, -0.15) is 0 Å². The fraction of sp³-hybridized carbons (Fsp3) is 0.167. The summed E-state index contributed by atoms with van der Waals surface area (Å²) in [5, 5.41) is 10.6. The van der Waals surface area contributed by atoms with Crippen molar-refractivity contribution in [3.8, 4) is 11.8 Å². The molecule has 0 fully saturated rings. The fourth-order valence-corrected chi connectivity index (χ4v) is 1.53. The Balaban J connectivity index is 3.41. The van der Waals surface area contributed by atoms with Crippen LogP contribution in [0, 0.1) is 22.0 Å². The summed E-state index contributed by atoms with van der Waals surface area (Å²) in [6.45, 7) is 0. The number of rotatable bonds is 3. The predicted molar refractivity (Wildman–Crippen MR) is 79.8 cm³/mol. The van der Waals surface area contributed by atoms with Crippen LogP contribution in [0.1, 0.15) is 5.56 Å². The second-order valence-electron chi connectivity index (χ2n) is 3.59. The number of nitrogen functional groups attached to an aromatic ring is 1. The number of hydrogen-bond acceptors (Lipinski definition) is 7. The predicted octanol–water partition coefficient (Wildman–Crippen LogP) is 1.09. The van der Waals surface area contributed by atoms with E-state index in [0.29, 0.717) is 0 Å². The summed E-state index contributed by atoms with van der Waals surface area (Å²) < 4.78 is 4.85. The molecule has 0 aliphatic heterocycles. The highest BCUT2D eigenvalue weighted by molar-refractivity contribution is 6.34. The van der Waals surface area contributed by atoms with Crippen molar-refractivity contribution < 1.29 is 9.66 Å². The van der Waals surface area contributed by atoms with Gasteiger partial charge >= 0.3 is 5.69 Å². The lowest BCUT2D eigenvalue weighted by Gasteiger charge is -2.02. The summed E-state index contributed by atoms with van der Waals surface area (Å²) in [5.41, 5.74) is 11.2. The molecule has 8 nitrogen and oxygen atoms in total. The normalized spacial score (nSPS) is 11.6. The molecule has 0 aliphatic carbocycles. The summed E-state index contributed by atoms with van der Waals surface area (Å²) >= 11 is 5.91. The first-order valence-corrected chi connectivity index (χ1v) is 5.86. The number of aromatic nitrogens is 1. The number of methoxy groups -OCH3 is 1. The van der Waals surface area contributed by atoms with Crippen LogP contribution in [0.4, 0.5) is 11.5 Å². The molecule has 110 valence electrons. The maximum absolute atomic E-state index is 10.8. The third-order valence-corrected chi connectivity index (χ3v) is 2.67. The Morgan fingerprint density at radius 3 is 2.86 bits per heavy atom. The van der Waals surface area contributed by atoms with Gasteiger partial charge in [0.25, 0.3) is 0 Å². The molecule has 9 heteroatoms. The van der Waals surface area contributed by atoms with Crippen LogP contribution in [-0.2, 0) is 4.74 Å². The molecule has 0 saturated heterocycles. The maximum atomic E-state index is 10.8. The lowest BCUT2D eigenvalue weighted by atomic mass is 10.2. The highest BCUT2D eigenvalue weighted by atomic mass is 35.5. The van der Waals surface area contributed by atoms with Gasteiger partial charge in [0.15, 0.2) is 0 Å². The minimum atomic E-state index is -0.673. The van der Waals surface area contributed by atoms with Crippen molar-refractivity contribution in [1.29, 1.82) is 0 Å². The summed E-state index contributed by atoms with van der Waals surface area (Å²) in [6.07, 6.45) is 2.34. The Morgan fingerprint density at radius 1 is 1.67 bits per heavy atom. The molecule has 0 spiro atoms. The Kier molecular flexibility index (Phi) is 5.51. The van der Waals surface area contributed by atoms with Crippen LogP contribution in [0.5, 0.6) is 0 Å². The first-order valence-electron chi connectivity index (χ1n) is 5.48. The van der Waals surface area contributed by atoms with Crippen LogP contribution < -0.4 is 11.5 Å². The first-order chi connectivity index (χ1) is 9.92. The number of allylic oxidation sites excluding steroid dienone is 1. The molecule has 1 aromatic heterocycles. The van der Waals surface area contributed by atoms with Gasteiger partial charge in [-0.1, -0.05) is 23.4 Å². The Morgan fingerprint density at radius 2 is 2.33 bits per heavy atom. The average Bonchev–Trinajstić information content (AvgIpc) is 2.44. The van der Waals surface area contributed by atoms with E-state index in [1.807, 2.05) is 0 Å². The molecule has 1 heterocycles. The summed E-state index contributed by atoms with van der Waals surface area (Å²) in [6, 6.07) is 0. The highest BCUT2D eigenvalue weighted by Gasteiger charge is 2.18. The summed E-state index contributed by atoms with van der Waals surface area (Å²) in [7, 11) is 2.90. The van der Waals surface area contributed by atoms with Crippen LogP contribution in [0.15, 0.2) is 22.6 Å². The first kappa shape index (κ1) is 16.3. The third-order valence-electron chi connectivity index (χ3n) is 2.29. The van der Waals surface area contributed by atoms with Gasteiger partial charge < -0.3 is 16.2 Å². The molecular weight excluding hydrogens is 298 g/mol. The minimum Gasteiger partial charge on any atom is -0.482 e. The van der Waals surface area contributed by atoms with Gasteiger partial charge in [-0.15, -0.1) is 0 Å². The summed E-state index contributed by atoms with van der Waals surface area (Å²) in [5.74, 6) is 5.25. The number of aliphatic imine (C=N–C) groups is 1. The molecule has 1 aromatic rings. The van der Waals surface area contributed by atoms with Crippen LogP contribution in [0.25, 0.3) is 0 Å². The van der Waals surface area contributed by atoms with E-state index in [1.54, 1.807) is 0 Å². The lowest BCUT2D eigenvalue weighted by molar-refractivity contribution is -0.385. The van der Waals surface area contributed by atoms with Crippen molar-refractivity contribution in [3.05, 3.63) is 38.4 Å². The number of nitrogens with two attached hydrogens (primary N) is 2. The summed E-state index contributed by atoms with van der Waals surface area (Å²) in [4.78, 5) is 17.6. The highest BCUT2D eigenvalue weighted by Crippen LogP contribution is 2.29.